The highest BCUT2D eigenvalue weighted by Gasteiger charge is 2.48. The third kappa shape index (κ3) is 2.56. The summed E-state index contributed by atoms with van der Waals surface area (Å²) < 4.78 is 48.9. The average Bonchev–Trinajstić information content (AvgIpc) is 1.79. The zero-order valence-corrected chi connectivity index (χ0v) is 7.66. The minimum Gasteiger partial charge on any atom is -0.288 e. The highest BCUT2D eigenvalue weighted by Crippen LogP contribution is 2.34. The average molecular weight is 199 g/mol. The summed E-state index contributed by atoms with van der Waals surface area (Å²) in [6, 6.07) is 0. The molecule has 1 aliphatic rings. The number of nitrogens with zero attached hydrogens (tertiary/aromatic N) is 1. The van der Waals surface area contributed by atoms with Gasteiger partial charge in [0.05, 0.1) is 6.54 Å². The van der Waals surface area contributed by atoms with Crippen molar-refractivity contribution in [2.24, 2.45) is 5.92 Å². The zero-order valence-electron chi connectivity index (χ0n) is 7.66. The Morgan fingerprint density at radius 2 is 1.77 bits per heavy atom. The predicted octanol–water partition coefficient (Wildman–Crippen LogP) is 2.23. The second-order valence-electron chi connectivity index (χ2n) is 3.95. The molecule has 0 amide bonds. The standard InChI is InChI=1S/C8H13F4N/c1-6(2)7(9)3-13(4-7)5-8(10,11)12/h6H,3-5H2,1-2H3. The van der Waals surface area contributed by atoms with Crippen LogP contribution in [0.5, 0.6) is 0 Å². The van der Waals surface area contributed by atoms with Crippen molar-refractivity contribution in [1.29, 1.82) is 0 Å². The smallest absolute Gasteiger partial charge is 0.288 e. The lowest BCUT2D eigenvalue weighted by Gasteiger charge is -2.47. The summed E-state index contributed by atoms with van der Waals surface area (Å²) in [6.45, 7) is 2.19. The molecule has 0 aromatic rings. The predicted molar refractivity (Wildman–Crippen MR) is 41.2 cm³/mol. The third-order valence-electron chi connectivity index (χ3n) is 2.41. The number of hydrogen-bond donors (Lipinski definition) is 0. The van der Waals surface area contributed by atoms with Crippen LogP contribution in [0.3, 0.4) is 0 Å². The summed E-state index contributed by atoms with van der Waals surface area (Å²) in [5.74, 6) is -0.211. The molecule has 0 saturated carbocycles. The second-order valence-corrected chi connectivity index (χ2v) is 3.95. The highest BCUT2D eigenvalue weighted by atomic mass is 19.4. The summed E-state index contributed by atoms with van der Waals surface area (Å²) >= 11 is 0. The van der Waals surface area contributed by atoms with Gasteiger partial charge in [0.1, 0.15) is 5.67 Å². The van der Waals surface area contributed by atoms with Crippen LogP contribution in [0, 0.1) is 5.92 Å². The number of alkyl halides is 4. The molecule has 5 heteroatoms. The minimum atomic E-state index is -4.21. The first-order valence-electron chi connectivity index (χ1n) is 4.21. The van der Waals surface area contributed by atoms with E-state index in [0.717, 1.165) is 4.90 Å². The quantitative estimate of drug-likeness (QED) is 0.616. The van der Waals surface area contributed by atoms with E-state index in [1.54, 1.807) is 13.8 Å². The van der Waals surface area contributed by atoms with E-state index < -0.39 is 18.4 Å². The van der Waals surface area contributed by atoms with Gasteiger partial charge in [-0.1, -0.05) is 13.8 Å². The van der Waals surface area contributed by atoms with Crippen molar-refractivity contribution in [2.75, 3.05) is 19.6 Å². The summed E-state index contributed by atoms with van der Waals surface area (Å²) in [5, 5.41) is 0. The zero-order chi connectivity index (χ0) is 10.3. The molecule has 0 aromatic heterocycles. The fourth-order valence-corrected chi connectivity index (χ4v) is 1.43. The molecule has 78 valence electrons. The Balaban J connectivity index is 2.33. The summed E-state index contributed by atoms with van der Waals surface area (Å²) in [6.07, 6.45) is -4.21. The maximum Gasteiger partial charge on any atom is 0.401 e. The Hall–Kier alpha value is -0.320. The summed E-state index contributed by atoms with van der Waals surface area (Å²) in [5.41, 5.74) is -1.41. The first kappa shape index (κ1) is 10.8. The van der Waals surface area contributed by atoms with Crippen LogP contribution in [0.15, 0.2) is 0 Å². The van der Waals surface area contributed by atoms with Crippen molar-refractivity contribution >= 4 is 0 Å². The monoisotopic (exact) mass is 199 g/mol. The van der Waals surface area contributed by atoms with E-state index in [9.17, 15) is 17.6 Å². The van der Waals surface area contributed by atoms with E-state index in [2.05, 4.69) is 0 Å². The highest BCUT2D eigenvalue weighted by molar-refractivity contribution is 4.98. The normalized spacial score (nSPS) is 23.3. The Kier molecular flexibility index (Phi) is 2.58. The first-order valence-corrected chi connectivity index (χ1v) is 4.21. The lowest BCUT2D eigenvalue weighted by atomic mass is 9.85. The second kappa shape index (κ2) is 3.12. The van der Waals surface area contributed by atoms with Crippen LogP contribution < -0.4 is 0 Å². The maximum absolute atomic E-state index is 13.4. The molecule has 0 atom stereocenters. The molecule has 0 spiro atoms. The van der Waals surface area contributed by atoms with Gasteiger partial charge in [-0.15, -0.1) is 0 Å². The maximum atomic E-state index is 13.4. The Morgan fingerprint density at radius 3 is 2.08 bits per heavy atom. The lowest BCUT2D eigenvalue weighted by molar-refractivity contribution is -0.177. The molecule has 0 bridgehead atoms. The van der Waals surface area contributed by atoms with Crippen molar-refractivity contribution in [1.82, 2.24) is 4.90 Å². The van der Waals surface area contributed by atoms with Crippen molar-refractivity contribution < 1.29 is 17.6 Å². The van der Waals surface area contributed by atoms with Crippen LogP contribution in [-0.4, -0.2) is 36.4 Å². The fourth-order valence-electron chi connectivity index (χ4n) is 1.43. The van der Waals surface area contributed by atoms with Gasteiger partial charge in [-0.05, 0) is 5.92 Å². The van der Waals surface area contributed by atoms with Crippen LogP contribution in [0.1, 0.15) is 13.8 Å². The van der Waals surface area contributed by atoms with E-state index in [1.807, 2.05) is 0 Å². The van der Waals surface area contributed by atoms with Crippen LogP contribution in [0.25, 0.3) is 0 Å². The van der Waals surface area contributed by atoms with Gasteiger partial charge in [0.2, 0.25) is 0 Å². The molecule has 1 rings (SSSR count). The van der Waals surface area contributed by atoms with E-state index in [-0.39, 0.29) is 19.0 Å². The van der Waals surface area contributed by atoms with Crippen LogP contribution >= 0.6 is 0 Å². The van der Waals surface area contributed by atoms with Crippen LogP contribution in [0.2, 0.25) is 0 Å². The molecule has 13 heavy (non-hydrogen) atoms. The molecule has 1 nitrogen and oxygen atoms in total. The number of rotatable bonds is 2. The SMILES string of the molecule is CC(C)C1(F)CN(CC(F)(F)F)C1. The van der Waals surface area contributed by atoms with E-state index in [1.165, 1.54) is 0 Å². The van der Waals surface area contributed by atoms with E-state index in [0.29, 0.717) is 0 Å². The minimum absolute atomic E-state index is 0.0931. The summed E-state index contributed by atoms with van der Waals surface area (Å²) in [7, 11) is 0. The van der Waals surface area contributed by atoms with Gasteiger partial charge in [0.25, 0.3) is 0 Å². The van der Waals surface area contributed by atoms with Crippen molar-refractivity contribution in [3.05, 3.63) is 0 Å². The van der Waals surface area contributed by atoms with Crippen molar-refractivity contribution in [2.45, 2.75) is 25.7 Å². The van der Waals surface area contributed by atoms with Gasteiger partial charge >= 0.3 is 6.18 Å². The molecule has 0 aromatic carbocycles. The number of hydrogen-bond acceptors (Lipinski definition) is 1. The molecule has 0 aliphatic carbocycles. The van der Waals surface area contributed by atoms with Crippen LogP contribution in [-0.2, 0) is 0 Å². The van der Waals surface area contributed by atoms with E-state index >= 15 is 0 Å². The molecule has 0 N–H and O–H groups in total. The van der Waals surface area contributed by atoms with Crippen molar-refractivity contribution in [3.8, 4) is 0 Å². The molecular weight excluding hydrogens is 186 g/mol. The molecule has 1 saturated heterocycles. The van der Waals surface area contributed by atoms with Gasteiger partial charge in [-0.2, -0.15) is 13.2 Å². The Bertz CT molecular complexity index is 181. The number of likely N-dealkylation sites (tertiary alicyclic amines) is 1. The van der Waals surface area contributed by atoms with Gasteiger partial charge in [-0.3, -0.25) is 4.90 Å². The van der Waals surface area contributed by atoms with Crippen molar-refractivity contribution in [3.63, 3.8) is 0 Å². The van der Waals surface area contributed by atoms with Crippen LogP contribution in [0.4, 0.5) is 17.6 Å². The topological polar surface area (TPSA) is 3.24 Å². The molecule has 1 aliphatic heterocycles. The molecule has 0 radical (unpaired) electrons. The molecule has 1 fully saturated rings. The Labute approximate surface area is 74.7 Å². The largest absolute Gasteiger partial charge is 0.401 e. The Morgan fingerprint density at radius 1 is 1.31 bits per heavy atom. The fraction of sp³-hybridized carbons (Fsp3) is 1.00. The van der Waals surface area contributed by atoms with Gasteiger partial charge in [0.15, 0.2) is 0 Å². The van der Waals surface area contributed by atoms with Gasteiger partial charge in [0, 0.05) is 13.1 Å². The number of halogens is 4. The first-order chi connectivity index (χ1) is 5.73. The third-order valence-corrected chi connectivity index (χ3v) is 2.41. The lowest BCUT2D eigenvalue weighted by Crippen LogP contribution is -2.63. The summed E-state index contributed by atoms with van der Waals surface area (Å²) in [4.78, 5) is 1.08. The molecule has 0 unspecified atom stereocenters. The molecular formula is C8H13F4N. The van der Waals surface area contributed by atoms with Gasteiger partial charge < -0.3 is 0 Å². The van der Waals surface area contributed by atoms with Gasteiger partial charge in [-0.25, -0.2) is 4.39 Å². The molecule has 1 heterocycles. The van der Waals surface area contributed by atoms with E-state index in [4.69, 9.17) is 0 Å².